The second-order valence-electron chi connectivity index (χ2n) is 11.8. The van der Waals surface area contributed by atoms with Crippen molar-refractivity contribution in [1.82, 2.24) is 4.72 Å². The number of aliphatic hydroxyl groups excluding tert-OH is 1. The van der Waals surface area contributed by atoms with Gasteiger partial charge in [-0.05, 0) is 24.8 Å². The molecule has 0 bridgehead atoms. The fraction of sp³-hybridized carbons (Fsp3) is 0.741. The molecule has 4 aliphatic rings. The highest BCUT2D eigenvalue weighted by molar-refractivity contribution is 7.99. The number of hydrogen-bond acceptors (Lipinski definition) is 17. The zero-order valence-corrected chi connectivity index (χ0v) is 34.8. The third kappa shape index (κ3) is 9.71. The summed E-state index contributed by atoms with van der Waals surface area (Å²) in [4.78, 5) is 12.6. The molecule has 4 fully saturated rings. The number of ether oxygens (including phenoxy) is 7. The van der Waals surface area contributed by atoms with Crippen molar-refractivity contribution in [3.63, 3.8) is 0 Å². The molecule has 0 amide bonds. The van der Waals surface area contributed by atoms with Crippen LogP contribution in [0.15, 0.2) is 35.2 Å². The molecular weight excluding hydrogens is 813 g/mol. The molecule has 4 aliphatic heterocycles. The van der Waals surface area contributed by atoms with E-state index in [0.717, 1.165) is 0 Å². The third-order valence-corrected chi connectivity index (χ3v) is 12.6. The van der Waals surface area contributed by atoms with Gasteiger partial charge >= 0.3 is 6.16 Å². The Labute approximate surface area is 312 Å². The molecule has 4 heterocycles. The number of benzene rings is 1. The molecule has 0 aromatic heterocycles. The van der Waals surface area contributed by atoms with Crippen LogP contribution in [0.1, 0.15) is 13.8 Å². The Kier molecular flexibility index (Phi) is 16.3. The first-order valence-electron chi connectivity index (χ1n) is 15.7. The molecule has 24 heteroatoms. The molecule has 51 heavy (non-hydrogen) atoms. The Hall–Kier alpha value is 0.460. The average molecular weight is 858 g/mol. The molecule has 11 unspecified atom stereocenters. The lowest BCUT2D eigenvalue weighted by Gasteiger charge is -2.49. The highest BCUT2D eigenvalue weighted by Crippen LogP contribution is 2.40. The van der Waals surface area contributed by atoms with Crippen LogP contribution < -0.4 is 4.72 Å². The predicted molar refractivity (Wildman–Crippen MR) is 196 cm³/mol. The number of carbonyl (C=O) groups excluding carboxylic acids is 1. The van der Waals surface area contributed by atoms with Gasteiger partial charge < -0.3 is 60.9 Å². The van der Waals surface area contributed by atoms with Crippen molar-refractivity contribution < 1.29 is 74.1 Å². The number of fused-ring (bicyclic) bond motifs is 1. The van der Waals surface area contributed by atoms with E-state index in [1.165, 1.54) is 23.9 Å². The maximum absolute atomic E-state index is 13.7. The largest absolute Gasteiger partial charge is 0.509 e. The highest BCUT2D eigenvalue weighted by Gasteiger charge is 2.60. The lowest BCUT2D eigenvalue weighted by atomic mass is 9.96. The number of nitrogens with one attached hydrogen (secondary N) is 1. The van der Waals surface area contributed by atoms with Gasteiger partial charge in [0.25, 0.3) is 0 Å². The minimum absolute atomic E-state index is 0.00906. The van der Waals surface area contributed by atoms with Crippen molar-refractivity contribution in [3.05, 3.63) is 30.3 Å². The number of hydrogen-bond donors (Lipinski definition) is 2. The van der Waals surface area contributed by atoms with E-state index in [-0.39, 0.29) is 18.1 Å². The van der Waals surface area contributed by atoms with Gasteiger partial charge in [-0.25, -0.2) is 17.9 Å². The van der Waals surface area contributed by atoms with Crippen LogP contribution in [0.2, 0.25) is 0 Å². The normalized spacial score (nSPS) is 40.0. The Morgan fingerprint density at radius 2 is 1.41 bits per heavy atom. The maximum atomic E-state index is 13.7. The average Bonchev–Trinajstić information content (AvgIpc) is 3.51. The van der Waals surface area contributed by atoms with Crippen LogP contribution in [0.25, 0.3) is 0 Å². The number of rotatable bonds is 16. The SMILES string of the molecule is CCS[C@@H]1OC(COP)[C@H](O)[C@H](O[C@@H]2OC(COP)[C@@H]3OC(=O)O[C@@H]3C2O[C@@H]2OC(C)[C@H](OP)[C@@H](OP)C2OP)C1NS(=O)(=O)c1ccccc1. The fourth-order valence-electron chi connectivity index (χ4n) is 6.36. The van der Waals surface area contributed by atoms with Crippen LogP contribution in [-0.4, -0.2) is 130 Å². The first kappa shape index (κ1) is 42.6. The number of aliphatic hydroxyl groups is 1. The third-order valence-electron chi connectivity index (χ3n) is 8.71. The van der Waals surface area contributed by atoms with Gasteiger partial charge in [0.15, 0.2) is 30.9 Å². The molecule has 290 valence electrons. The van der Waals surface area contributed by atoms with Gasteiger partial charge in [0.05, 0.1) is 30.3 Å². The summed E-state index contributed by atoms with van der Waals surface area (Å²) >= 11 is 1.30. The fourth-order valence-corrected chi connectivity index (χ4v) is 10.0. The van der Waals surface area contributed by atoms with Gasteiger partial charge in [-0.2, -0.15) is 0 Å². The van der Waals surface area contributed by atoms with E-state index in [9.17, 15) is 18.3 Å². The summed E-state index contributed by atoms with van der Waals surface area (Å²) in [5.74, 6) is 0.523. The van der Waals surface area contributed by atoms with Gasteiger partial charge in [-0.3, -0.25) is 0 Å². The molecule has 17 nitrogen and oxygen atoms in total. The van der Waals surface area contributed by atoms with Crippen LogP contribution in [0.3, 0.4) is 0 Å². The number of sulfonamides is 1. The summed E-state index contributed by atoms with van der Waals surface area (Å²) in [5.41, 5.74) is -0.859. The Bertz CT molecular complexity index is 1380. The van der Waals surface area contributed by atoms with Gasteiger partial charge in [-0.1, -0.05) is 25.1 Å². The standard InChI is InChI=1S/C27H44NO16P5S2/c1-3-50-26-15(28-51(31,32)12-7-5-4-6-8-12)19(16(29)13(37-26)9-33-45)38-24-22(20-18(40-27(30)41-20)14(36-24)10-34-46)39-25-23(44-49)21(43-48)17(42-47)11(2)35-25/h4-8,11,13-26,28-29H,3,9-10,45-49H2,1-2H3/t11?,13?,14?,15?,16-,17-,18-,19+,20-,21+,22?,23?,24-,25-,26-/m0/s1. The summed E-state index contributed by atoms with van der Waals surface area (Å²) < 4.78 is 100. The molecule has 20 atom stereocenters. The molecule has 5 rings (SSSR count). The van der Waals surface area contributed by atoms with Crippen LogP contribution in [0.5, 0.6) is 0 Å². The highest BCUT2D eigenvalue weighted by atomic mass is 32.2. The summed E-state index contributed by atoms with van der Waals surface area (Å²) in [6, 6.07) is 6.57. The second kappa shape index (κ2) is 19.6. The van der Waals surface area contributed by atoms with Crippen LogP contribution >= 0.6 is 59.1 Å². The monoisotopic (exact) mass is 857 g/mol. The van der Waals surface area contributed by atoms with Crippen LogP contribution in [0, 0.1) is 0 Å². The molecule has 2 N–H and O–H groups in total. The summed E-state index contributed by atoms with van der Waals surface area (Å²) in [6.45, 7) is 3.47. The molecule has 1 aromatic rings. The number of carbonyl (C=O) groups is 1. The van der Waals surface area contributed by atoms with Crippen molar-refractivity contribution in [3.8, 4) is 0 Å². The Balaban J connectivity index is 1.53. The van der Waals surface area contributed by atoms with Crippen molar-refractivity contribution >= 4 is 75.3 Å². The van der Waals surface area contributed by atoms with Crippen molar-refractivity contribution in [2.45, 2.75) is 110 Å². The van der Waals surface area contributed by atoms with E-state index in [2.05, 4.69) is 52.1 Å². The Morgan fingerprint density at radius 3 is 2.04 bits per heavy atom. The molecule has 0 radical (unpaired) electrons. The van der Waals surface area contributed by atoms with E-state index >= 15 is 0 Å². The van der Waals surface area contributed by atoms with E-state index in [1.54, 1.807) is 25.1 Å². The quantitative estimate of drug-likeness (QED) is 0.179. The maximum Gasteiger partial charge on any atom is 0.509 e. The molecule has 1 aromatic carbocycles. The summed E-state index contributed by atoms with van der Waals surface area (Å²) in [5, 5.41) is 11.8. The van der Waals surface area contributed by atoms with E-state index in [0.29, 0.717) is 5.75 Å². The van der Waals surface area contributed by atoms with Crippen molar-refractivity contribution in [2.75, 3.05) is 19.0 Å². The number of thioether (sulfide) groups is 1. The Morgan fingerprint density at radius 1 is 0.804 bits per heavy atom. The van der Waals surface area contributed by atoms with Gasteiger partial charge in [-0.15, -0.1) is 11.8 Å². The topological polar surface area (TPSA) is 194 Å². The van der Waals surface area contributed by atoms with Crippen molar-refractivity contribution in [2.24, 2.45) is 0 Å². The minimum Gasteiger partial charge on any atom is -0.424 e. The zero-order valence-electron chi connectivity index (χ0n) is 27.4. The zero-order chi connectivity index (χ0) is 36.9. The molecule has 0 aliphatic carbocycles. The smallest absolute Gasteiger partial charge is 0.424 e. The van der Waals surface area contributed by atoms with E-state index in [1.807, 2.05) is 6.92 Å². The van der Waals surface area contributed by atoms with E-state index in [4.69, 9.17) is 55.8 Å². The molecule has 0 saturated carbocycles. The molecular formula is C27H44NO16P5S2. The van der Waals surface area contributed by atoms with Gasteiger partial charge in [0.2, 0.25) is 10.0 Å². The first-order valence-corrected chi connectivity index (χ1v) is 20.6. The minimum atomic E-state index is -4.17. The summed E-state index contributed by atoms with van der Waals surface area (Å²) in [7, 11) is 6.55. The predicted octanol–water partition coefficient (Wildman–Crippen LogP) is 1.46. The first-order chi connectivity index (χ1) is 24.5. The van der Waals surface area contributed by atoms with Crippen LogP contribution in [0.4, 0.5) is 4.79 Å². The summed E-state index contributed by atoms with van der Waals surface area (Å²) in [6.07, 6.45) is -14.5. The molecule has 4 saturated heterocycles. The lowest BCUT2D eigenvalue weighted by molar-refractivity contribution is -0.361. The van der Waals surface area contributed by atoms with Gasteiger partial charge in [0, 0.05) is 47.3 Å². The molecule has 0 spiro atoms. The lowest BCUT2D eigenvalue weighted by Crippen LogP contribution is -2.68. The second-order valence-corrected chi connectivity index (χ2v) is 16.4. The van der Waals surface area contributed by atoms with Crippen molar-refractivity contribution in [1.29, 1.82) is 0 Å². The van der Waals surface area contributed by atoms with E-state index < -0.39 is 107 Å². The van der Waals surface area contributed by atoms with Crippen LogP contribution in [-0.2, 0) is 65.8 Å². The van der Waals surface area contributed by atoms with Gasteiger partial charge in [0.1, 0.15) is 48.2 Å².